The highest BCUT2D eigenvalue weighted by Crippen LogP contribution is 1.39. The molecular weight excluding hydrogens is 334 g/mol. The van der Waals surface area contributed by atoms with Crippen molar-refractivity contribution in [3.8, 4) is 0 Å². The highest BCUT2D eigenvalue weighted by molar-refractivity contribution is 1.95. The van der Waals surface area contributed by atoms with E-state index >= 15 is 0 Å². The summed E-state index contributed by atoms with van der Waals surface area (Å²) >= 11 is 0. The van der Waals surface area contributed by atoms with Gasteiger partial charge in [-0.1, -0.05) is 0 Å². The van der Waals surface area contributed by atoms with Crippen LogP contribution in [-0.2, 0) is 0 Å². The molecule has 0 bridgehead atoms. The van der Waals surface area contributed by atoms with Crippen molar-refractivity contribution in [1.82, 2.24) is 0 Å². The van der Waals surface area contributed by atoms with Crippen LogP contribution in [0.2, 0.25) is 0 Å². The minimum Gasteiger partial charge on any atom is -0.321 e. The first-order valence-corrected chi connectivity index (χ1v) is 5.73. The Hall–Kier alpha value is 0.680. The zero-order chi connectivity index (χ0) is 14.3. The average molecular weight is 338 g/mol. The second kappa shape index (κ2) is 21.0. The van der Waals surface area contributed by atoms with E-state index in [-0.39, 0.29) is 0 Å². The molecule has 0 fully saturated rings. The Morgan fingerprint density at radius 2 is 0.375 bits per heavy atom. The number of hydrogen-bond donors (Lipinski definition) is 4. The molecule has 16 heavy (non-hydrogen) atoms. The molecule has 0 aliphatic heterocycles. The van der Waals surface area contributed by atoms with E-state index in [4.69, 9.17) is 55.9 Å². The van der Waals surface area contributed by atoms with Crippen molar-refractivity contribution in [3.63, 3.8) is 0 Å². The summed E-state index contributed by atoms with van der Waals surface area (Å²) in [6.07, 6.45) is 0. The minimum absolute atomic E-state index is 2.60. The molecule has 0 atom stereocenters. The number of hydrogen-bond acceptors (Lipinski definition) is 12. The van der Waals surface area contributed by atoms with E-state index in [0.717, 1.165) is 0 Å². The summed E-state index contributed by atoms with van der Waals surface area (Å²) in [4.78, 5) is 0. The maximum absolute atomic E-state index is 8.52. The second-order valence-corrected chi connectivity index (χ2v) is 2.41. The lowest BCUT2D eigenvalue weighted by Gasteiger charge is -1.72. The molecule has 0 aromatic rings. The predicted octanol–water partition coefficient (Wildman–Crippen LogP) is -11.7. The van der Waals surface area contributed by atoms with Gasteiger partial charge in [0.25, 0.3) is 43.1 Å². The zero-order valence-corrected chi connectivity index (χ0v) is 9.59. The van der Waals surface area contributed by atoms with Crippen LogP contribution in [0.1, 0.15) is 0 Å². The van der Waals surface area contributed by atoms with Crippen LogP contribution in [-0.4, -0.2) is 18.6 Å². The molecule has 0 spiro atoms. The van der Waals surface area contributed by atoms with Crippen molar-refractivity contribution in [3.05, 3.63) is 0 Å². The molecule has 16 heteroatoms. The van der Waals surface area contributed by atoms with Gasteiger partial charge in [0.2, 0.25) is 0 Å². The van der Waals surface area contributed by atoms with Gasteiger partial charge in [-0.25, -0.2) is 0 Å². The molecule has 4 N–H and O–H groups in total. The standard InChI is InChI=1S/4ClHO3/c4*2-1(3)4/h4*2H. The van der Waals surface area contributed by atoms with Crippen LogP contribution in [0.15, 0.2) is 0 Å². The van der Waals surface area contributed by atoms with E-state index in [9.17, 15) is 0 Å². The average Bonchev–Trinajstić information content (AvgIpc) is 1.76. The molecule has 0 saturated heterocycles. The summed E-state index contributed by atoms with van der Waals surface area (Å²) in [7, 11) is -10.4. The first-order chi connectivity index (χ1) is 6.93. The lowest BCUT2D eigenvalue weighted by molar-refractivity contribution is -1.63. The van der Waals surface area contributed by atoms with Gasteiger partial charge in [0.15, 0.2) is 0 Å². The Kier molecular flexibility index (Phi) is 33.5. The van der Waals surface area contributed by atoms with Gasteiger partial charge in [-0.05, 0) is 0 Å². The summed E-state index contributed by atoms with van der Waals surface area (Å²) in [6.45, 7) is 0. The van der Waals surface area contributed by atoms with Crippen LogP contribution in [0.4, 0.5) is 0 Å². The fourth-order valence-electron chi connectivity index (χ4n) is 0. The molecular formula is H4Cl4O12. The third-order valence-corrected chi connectivity index (χ3v) is 0. The third-order valence-electron chi connectivity index (χ3n) is 0. The maximum atomic E-state index is 8.52. The molecule has 0 heterocycles. The molecule has 0 aliphatic carbocycles. The van der Waals surface area contributed by atoms with Crippen molar-refractivity contribution in [1.29, 1.82) is 0 Å². The fourth-order valence-corrected chi connectivity index (χ4v) is 0. The summed E-state index contributed by atoms with van der Waals surface area (Å²) < 4.78 is 95.9. The van der Waals surface area contributed by atoms with E-state index in [2.05, 4.69) is 0 Å². The topological polar surface area (TPSA) is 265 Å². The van der Waals surface area contributed by atoms with Crippen molar-refractivity contribution < 1.29 is 99.0 Å². The van der Waals surface area contributed by atoms with E-state index in [1.807, 2.05) is 0 Å². The van der Waals surface area contributed by atoms with Gasteiger partial charge < -0.3 is 37.3 Å². The summed E-state index contributed by atoms with van der Waals surface area (Å²) in [5.41, 5.74) is 0. The molecule has 0 aromatic heterocycles. The quantitative estimate of drug-likeness (QED) is 0.320. The molecule has 0 rings (SSSR count). The lowest BCUT2D eigenvalue weighted by Crippen LogP contribution is -2.30. The second-order valence-electron chi connectivity index (χ2n) is 0.804. The fraction of sp³-hybridized carbons (Fsp3) is 0. The maximum Gasteiger partial charge on any atom is 0.282 e. The molecule has 0 aromatic carbocycles. The van der Waals surface area contributed by atoms with Crippen molar-refractivity contribution >= 4 is 0 Å². The van der Waals surface area contributed by atoms with Crippen LogP contribution in [0.3, 0.4) is 0 Å². The highest BCUT2D eigenvalue weighted by Gasteiger charge is 1.80. The largest absolute Gasteiger partial charge is 0.321 e. The van der Waals surface area contributed by atoms with Gasteiger partial charge in [0.05, 0.1) is 0 Å². The van der Waals surface area contributed by atoms with E-state index in [1.54, 1.807) is 0 Å². The van der Waals surface area contributed by atoms with Crippen molar-refractivity contribution in [2.24, 2.45) is 0 Å². The molecule has 0 radical (unpaired) electrons. The first-order valence-electron chi connectivity index (χ1n) is 1.91. The Bertz CT molecular complexity index is 56.0. The molecule has 12 nitrogen and oxygen atoms in total. The molecule has 0 unspecified atom stereocenters. The highest BCUT2D eigenvalue weighted by atomic mass is 35.6. The Morgan fingerprint density at radius 1 is 0.375 bits per heavy atom. The summed E-state index contributed by atoms with van der Waals surface area (Å²) in [6, 6.07) is 0. The van der Waals surface area contributed by atoms with Gasteiger partial charge in [-0.3, -0.25) is 0 Å². The van der Waals surface area contributed by atoms with Gasteiger partial charge in [0, 0.05) is 18.6 Å². The number of rotatable bonds is 0. The van der Waals surface area contributed by atoms with Crippen molar-refractivity contribution in [2.75, 3.05) is 0 Å². The minimum atomic E-state index is -2.60. The Labute approximate surface area is 99.5 Å². The Morgan fingerprint density at radius 3 is 0.375 bits per heavy atom. The van der Waals surface area contributed by atoms with Crippen LogP contribution in [0, 0.1) is 43.1 Å². The number of halogens is 4. The van der Waals surface area contributed by atoms with Crippen LogP contribution in [0.5, 0.6) is 0 Å². The van der Waals surface area contributed by atoms with Crippen LogP contribution >= 0.6 is 0 Å². The van der Waals surface area contributed by atoms with E-state index < -0.39 is 43.1 Å². The van der Waals surface area contributed by atoms with E-state index in [0.29, 0.717) is 0 Å². The van der Waals surface area contributed by atoms with E-state index in [1.165, 1.54) is 0 Å². The molecule has 0 amide bonds. The molecule has 0 saturated carbocycles. The summed E-state index contributed by atoms with van der Waals surface area (Å²) in [5.74, 6) is 0. The zero-order valence-electron chi connectivity index (χ0n) is 6.57. The van der Waals surface area contributed by atoms with Gasteiger partial charge >= 0.3 is 0 Å². The SMILES string of the molecule is [O-][Cl+2]([O-])O.[O-][Cl+2]([O-])O.[O-][Cl+2]([O-])O.[O-][Cl+2]([O-])O. The van der Waals surface area contributed by atoms with Crippen molar-refractivity contribution in [2.45, 2.75) is 0 Å². The third kappa shape index (κ3) is 5940. The normalized spacial score (nSPS) is 9.00. The van der Waals surface area contributed by atoms with Crippen LogP contribution < -0.4 is 37.3 Å². The predicted molar refractivity (Wildman–Crippen MR) is 8.88 cm³/mol. The van der Waals surface area contributed by atoms with Gasteiger partial charge in [-0.15, -0.1) is 0 Å². The smallest absolute Gasteiger partial charge is 0.282 e. The van der Waals surface area contributed by atoms with Gasteiger partial charge in [0.1, 0.15) is 0 Å². The lowest BCUT2D eigenvalue weighted by atomic mass is 15.8. The monoisotopic (exact) mass is 336 g/mol. The Balaban J connectivity index is -0.0000000600. The van der Waals surface area contributed by atoms with Gasteiger partial charge in [-0.2, -0.15) is 0 Å². The summed E-state index contributed by atoms with van der Waals surface area (Å²) in [5, 5.41) is 0. The molecule has 0 aliphatic rings. The van der Waals surface area contributed by atoms with Crippen LogP contribution in [0.25, 0.3) is 0 Å². The molecule has 104 valence electrons. The first kappa shape index (κ1) is 25.5.